The zero-order valence-corrected chi connectivity index (χ0v) is 21.0. The molecular weight excluding hydrogens is 511 g/mol. The molecule has 3 aromatic rings. The van der Waals surface area contributed by atoms with Crippen LogP contribution in [0, 0.1) is 24.1 Å². The fourth-order valence-corrected chi connectivity index (χ4v) is 3.89. The number of hydrogen-bond donors (Lipinski definition) is 1. The summed E-state index contributed by atoms with van der Waals surface area (Å²) in [5.41, 5.74) is 4.80. The number of methoxy groups -OCH3 is 2. The molecule has 3 rings (SSSR count). The molecule has 1 N–H and O–H groups in total. The van der Waals surface area contributed by atoms with Gasteiger partial charge in [0.2, 0.25) is 17.0 Å². The van der Waals surface area contributed by atoms with Gasteiger partial charge in [0.15, 0.2) is 11.5 Å². The molecule has 2 aromatic heterocycles. The van der Waals surface area contributed by atoms with E-state index < -0.39 is 5.82 Å². The van der Waals surface area contributed by atoms with Gasteiger partial charge in [0, 0.05) is 12.8 Å². The fraction of sp³-hybridized carbons (Fsp3) is 0.217. The number of hydrogen-bond acceptors (Lipinski definition) is 10. The second kappa shape index (κ2) is 12.8. The Balaban J connectivity index is 1.62. The van der Waals surface area contributed by atoms with E-state index >= 15 is 0 Å². The van der Waals surface area contributed by atoms with Crippen LogP contribution in [0.2, 0.25) is 5.28 Å². The molecule has 186 valence electrons. The molecule has 2 heterocycles. The van der Waals surface area contributed by atoms with Crippen LogP contribution in [-0.2, 0) is 16.1 Å². The zero-order chi connectivity index (χ0) is 26.1. The number of ether oxygens (including phenoxy) is 3. The molecule has 36 heavy (non-hydrogen) atoms. The van der Waals surface area contributed by atoms with Crippen molar-refractivity contribution in [1.29, 1.82) is 5.26 Å². The van der Waals surface area contributed by atoms with Gasteiger partial charge < -0.3 is 14.2 Å². The smallest absolute Gasteiger partial charge is 0.260 e. The number of rotatable bonds is 10. The molecule has 0 spiro atoms. The van der Waals surface area contributed by atoms with Crippen LogP contribution in [0.3, 0.4) is 0 Å². The number of pyridine rings is 1. The summed E-state index contributed by atoms with van der Waals surface area (Å²) in [4.78, 5) is 23.8. The van der Waals surface area contributed by atoms with Crippen LogP contribution < -0.4 is 14.9 Å². The first-order chi connectivity index (χ1) is 17.3. The Morgan fingerprint density at radius 2 is 2.11 bits per heavy atom. The van der Waals surface area contributed by atoms with Gasteiger partial charge in [0.25, 0.3) is 5.88 Å². The summed E-state index contributed by atoms with van der Waals surface area (Å²) in [6.45, 7) is 2.07. The van der Waals surface area contributed by atoms with E-state index in [1.54, 1.807) is 32.2 Å². The molecule has 0 saturated heterocycles. The van der Waals surface area contributed by atoms with Crippen LogP contribution in [0.4, 0.5) is 4.39 Å². The highest BCUT2D eigenvalue weighted by atomic mass is 35.5. The van der Waals surface area contributed by atoms with Crippen molar-refractivity contribution in [3.05, 3.63) is 63.9 Å². The largest absolute Gasteiger partial charge is 0.493 e. The number of nitrogens with zero attached hydrogens (tertiary/aromatic N) is 5. The molecule has 0 radical (unpaired) electrons. The van der Waals surface area contributed by atoms with E-state index in [4.69, 9.17) is 25.8 Å². The third-order valence-electron chi connectivity index (χ3n) is 4.43. The van der Waals surface area contributed by atoms with Crippen molar-refractivity contribution in [1.82, 2.24) is 20.4 Å². The summed E-state index contributed by atoms with van der Waals surface area (Å²) >= 11 is 6.82. The number of nitriles is 1. The number of benzene rings is 1. The van der Waals surface area contributed by atoms with E-state index in [9.17, 15) is 14.4 Å². The summed E-state index contributed by atoms with van der Waals surface area (Å²) in [6.07, 6.45) is 2.30. The lowest BCUT2D eigenvalue weighted by atomic mass is 10.1. The molecule has 1 aromatic carbocycles. The van der Waals surface area contributed by atoms with Gasteiger partial charge in [-0.1, -0.05) is 11.8 Å². The number of hydrazone groups is 1. The predicted octanol–water partition coefficient (Wildman–Crippen LogP) is 4.03. The molecule has 0 bridgehead atoms. The summed E-state index contributed by atoms with van der Waals surface area (Å²) < 4.78 is 29.7. The number of aromatic nitrogens is 3. The van der Waals surface area contributed by atoms with Gasteiger partial charge in [-0.25, -0.2) is 15.4 Å². The topological polar surface area (TPSA) is 132 Å². The second-order valence-electron chi connectivity index (χ2n) is 7.03. The Morgan fingerprint density at radius 3 is 2.83 bits per heavy atom. The summed E-state index contributed by atoms with van der Waals surface area (Å²) in [5.74, 6) is -1.06. The maximum atomic E-state index is 13.9. The van der Waals surface area contributed by atoms with Gasteiger partial charge in [0.1, 0.15) is 11.1 Å². The summed E-state index contributed by atoms with van der Waals surface area (Å²) in [7, 11) is 2.96. The maximum Gasteiger partial charge on any atom is 0.260 e. The lowest BCUT2D eigenvalue weighted by Gasteiger charge is -2.10. The monoisotopic (exact) mass is 530 g/mol. The van der Waals surface area contributed by atoms with Crippen LogP contribution in [0.25, 0.3) is 0 Å². The molecule has 0 unspecified atom stereocenters. The zero-order valence-electron chi connectivity index (χ0n) is 19.4. The van der Waals surface area contributed by atoms with Crippen molar-refractivity contribution in [2.45, 2.75) is 18.6 Å². The molecule has 0 aliphatic carbocycles. The number of halogens is 2. The van der Waals surface area contributed by atoms with Crippen LogP contribution in [0.1, 0.15) is 22.4 Å². The highest BCUT2D eigenvalue weighted by molar-refractivity contribution is 8.00. The Hall–Kier alpha value is -3.79. The minimum absolute atomic E-state index is 0.00193. The Kier molecular flexibility index (Phi) is 9.52. The first kappa shape index (κ1) is 26.8. The molecular formula is C23H20ClFN6O4S. The van der Waals surface area contributed by atoms with Gasteiger partial charge in [-0.15, -0.1) is 0 Å². The lowest BCUT2D eigenvalue weighted by molar-refractivity contribution is -0.118. The molecule has 0 atom stereocenters. The van der Waals surface area contributed by atoms with Crippen molar-refractivity contribution in [2.24, 2.45) is 5.10 Å². The first-order valence-electron chi connectivity index (χ1n) is 10.2. The van der Waals surface area contributed by atoms with E-state index in [0.29, 0.717) is 27.4 Å². The highest BCUT2D eigenvalue weighted by Gasteiger charge is 2.14. The minimum Gasteiger partial charge on any atom is -0.493 e. The Labute approximate surface area is 215 Å². The molecule has 0 aliphatic heterocycles. The van der Waals surface area contributed by atoms with Crippen LogP contribution in [-0.4, -0.2) is 47.0 Å². The minimum atomic E-state index is -0.787. The van der Waals surface area contributed by atoms with Gasteiger partial charge >= 0.3 is 0 Å². The molecule has 0 fully saturated rings. The van der Waals surface area contributed by atoms with E-state index in [1.165, 1.54) is 19.4 Å². The molecule has 1 amide bonds. The third kappa shape index (κ3) is 7.11. The molecule has 13 heteroatoms. The number of amides is 1. The predicted molar refractivity (Wildman–Crippen MR) is 131 cm³/mol. The molecule has 10 nitrogen and oxygen atoms in total. The van der Waals surface area contributed by atoms with Crippen LogP contribution in [0.5, 0.6) is 17.4 Å². The molecule has 0 aliphatic rings. The number of aryl methyl sites for hydroxylation is 1. The van der Waals surface area contributed by atoms with Crippen LogP contribution >= 0.6 is 23.4 Å². The van der Waals surface area contributed by atoms with Gasteiger partial charge in [-0.3, -0.25) is 4.79 Å². The Morgan fingerprint density at radius 1 is 1.31 bits per heavy atom. The van der Waals surface area contributed by atoms with Gasteiger partial charge in [-0.05, 0) is 53.9 Å². The average molecular weight is 531 g/mol. The highest BCUT2D eigenvalue weighted by Crippen LogP contribution is 2.32. The van der Waals surface area contributed by atoms with Crippen molar-refractivity contribution >= 4 is 35.5 Å². The van der Waals surface area contributed by atoms with E-state index in [1.807, 2.05) is 0 Å². The van der Waals surface area contributed by atoms with Crippen LogP contribution in [0.15, 0.2) is 40.6 Å². The average Bonchev–Trinajstić information content (AvgIpc) is 2.85. The fourth-order valence-electron chi connectivity index (χ4n) is 2.90. The third-order valence-corrected chi connectivity index (χ3v) is 5.58. The van der Waals surface area contributed by atoms with Crippen molar-refractivity contribution < 1.29 is 23.4 Å². The lowest BCUT2D eigenvalue weighted by Crippen LogP contribution is -2.20. The standard InChI is InChI=1S/C23H20ClFN6O4S/c1-13-6-15(11-33-2)16(8-26)22(29-13)36-12-20(32)31-28-9-14-4-5-18(19(7-14)34-3)35-21-17(25)10-27-23(24)30-21/h4-7,9-10H,11-12H2,1-3H3,(H,31,32). The van der Waals surface area contributed by atoms with E-state index in [-0.39, 0.29) is 40.9 Å². The first-order valence-corrected chi connectivity index (χ1v) is 11.6. The van der Waals surface area contributed by atoms with Gasteiger partial charge in [-0.2, -0.15) is 19.7 Å². The summed E-state index contributed by atoms with van der Waals surface area (Å²) in [5, 5.41) is 13.7. The maximum absolute atomic E-state index is 13.9. The number of nitrogens with one attached hydrogen (secondary N) is 1. The van der Waals surface area contributed by atoms with Crippen molar-refractivity contribution in [3.8, 4) is 23.4 Å². The summed E-state index contributed by atoms with van der Waals surface area (Å²) in [6, 6.07) is 8.62. The molecule has 0 saturated carbocycles. The van der Waals surface area contributed by atoms with Crippen molar-refractivity contribution in [3.63, 3.8) is 0 Å². The van der Waals surface area contributed by atoms with E-state index in [2.05, 4.69) is 31.5 Å². The number of carbonyl (C=O) groups excluding carboxylic acids is 1. The van der Waals surface area contributed by atoms with E-state index in [0.717, 1.165) is 18.0 Å². The quantitative estimate of drug-likeness (QED) is 0.178. The van der Waals surface area contributed by atoms with Crippen molar-refractivity contribution in [2.75, 3.05) is 20.0 Å². The van der Waals surface area contributed by atoms with Gasteiger partial charge in [0.05, 0.1) is 37.4 Å². The second-order valence-corrected chi connectivity index (χ2v) is 8.34. The number of carbonyl (C=O) groups is 1. The SMILES string of the molecule is COCc1cc(C)nc(SCC(=O)NN=Cc2ccc(Oc3nc(Cl)ncc3F)c(OC)c2)c1C#N. The Bertz CT molecular complexity index is 1330. The number of thioether (sulfide) groups is 1. The normalized spacial score (nSPS) is 10.8.